The van der Waals surface area contributed by atoms with Gasteiger partial charge in [-0.25, -0.2) is 9.97 Å². The second-order valence-electron chi connectivity index (χ2n) is 6.49. The standard InChI is InChI=1S/C19H22N4O2/c24-19(22-11-15-7-4-10-25-15)16-12-21-18(13-20-16)23-9-3-6-14-5-1-2-8-17(14)23/h1-2,5,8,12-13,15H,3-4,6-7,9-11H2,(H,22,24). The second-order valence-corrected chi connectivity index (χ2v) is 6.49. The first kappa shape index (κ1) is 16.0. The van der Waals surface area contributed by atoms with Gasteiger partial charge in [0.05, 0.1) is 18.5 Å². The van der Waals surface area contributed by atoms with Crippen LogP contribution in [0.3, 0.4) is 0 Å². The Morgan fingerprint density at radius 1 is 1.24 bits per heavy atom. The number of aryl methyl sites for hydroxylation is 1. The van der Waals surface area contributed by atoms with Crippen LogP contribution in [0.15, 0.2) is 36.7 Å². The lowest BCUT2D eigenvalue weighted by Crippen LogP contribution is -2.32. The van der Waals surface area contributed by atoms with Gasteiger partial charge in [0, 0.05) is 25.4 Å². The molecule has 2 aromatic rings. The van der Waals surface area contributed by atoms with Crippen molar-refractivity contribution in [2.75, 3.05) is 24.6 Å². The second kappa shape index (κ2) is 7.19. The van der Waals surface area contributed by atoms with Crippen LogP contribution in [0, 0.1) is 0 Å². The SMILES string of the molecule is O=C(NCC1CCCO1)c1cnc(N2CCCc3ccccc32)cn1. The van der Waals surface area contributed by atoms with E-state index in [1.165, 1.54) is 11.3 Å². The molecule has 0 bridgehead atoms. The van der Waals surface area contributed by atoms with Crippen molar-refractivity contribution in [2.24, 2.45) is 0 Å². The van der Waals surface area contributed by atoms with Gasteiger partial charge in [-0.3, -0.25) is 4.79 Å². The van der Waals surface area contributed by atoms with Gasteiger partial charge in [0.1, 0.15) is 5.69 Å². The van der Waals surface area contributed by atoms with Crippen molar-refractivity contribution in [2.45, 2.75) is 31.8 Å². The van der Waals surface area contributed by atoms with E-state index in [-0.39, 0.29) is 12.0 Å². The molecule has 6 nitrogen and oxygen atoms in total. The van der Waals surface area contributed by atoms with Crippen LogP contribution in [0.4, 0.5) is 11.5 Å². The zero-order chi connectivity index (χ0) is 17.1. The summed E-state index contributed by atoms with van der Waals surface area (Å²) in [5.41, 5.74) is 2.85. The van der Waals surface area contributed by atoms with E-state index < -0.39 is 0 Å². The summed E-state index contributed by atoms with van der Waals surface area (Å²) in [6, 6.07) is 8.37. The largest absolute Gasteiger partial charge is 0.376 e. The summed E-state index contributed by atoms with van der Waals surface area (Å²) in [6.45, 7) is 2.23. The van der Waals surface area contributed by atoms with Gasteiger partial charge in [0.25, 0.3) is 5.91 Å². The lowest BCUT2D eigenvalue weighted by atomic mass is 10.0. The molecule has 0 aliphatic carbocycles. The minimum atomic E-state index is -0.200. The summed E-state index contributed by atoms with van der Waals surface area (Å²) in [4.78, 5) is 23.2. The number of ether oxygens (including phenoxy) is 1. The lowest BCUT2D eigenvalue weighted by molar-refractivity contribution is 0.0853. The van der Waals surface area contributed by atoms with E-state index in [0.29, 0.717) is 12.2 Å². The number of carbonyl (C=O) groups excluding carboxylic acids is 1. The summed E-state index contributed by atoms with van der Waals surface area (Å²) in [7, 11) is 0. The van der Waals surface area contributed by atoms with Crippen LogP contribution in [0.2, 0.25) is 0 Å². The number of anilines is 2. The van der Waals surface area contributed by atoms with Crippen LogP contribution in [0.25, 0.3) is 0 Å². The molecule has 1 aromatic heterocycles. The van der Waals surface area contributed by atoms with Crippen molar-refractivity contribution in [1.29, 1.82) is 0 Å². The van der Waals surface area contributed by atoms with E-state index >= 15 is 0 Å². The van der Waals surface area contributed by atoms with E-state index in [9.17, 15) is 4.79 Å². The predicted octanol–water partition coefficient (Wildman–Crippen LogP) is 2.47. The molecule has 4 rings (SSSR count). The van der Waals surface area contributed by atoms with Gasteiger partial charge in [0.15, 0.2) is 5.82 Å². The molecule has 2 aliphatic rings. The van der Waals surface area contributed by atoms with Crippen molar-refractivity contribution in [1.82, 2.24) is 15.3 Å². The van der Waals surface area contributed by atoms with Crippen molar-refractivity contribution < 1.29 is 9.53 Å². The van der Waals surface area contributed by atoms with Crippen LogP contribution in [0.1, 0.15) is 35.3 Å². The third-order valence-corrected chi connectivity index (χ3v) is 4.77. The van der Waals surface area contributed by atoms with E-state index in [0.717, 1.165) is 44.7 Å². The number of amides is 1. The first-order chi connectivity index (χ1) is 12.3. The van der Waals surface area contributed by atoms with Crippen molar-refractivity contribution in [3.63, 3.8) is 0 Å². The predicted molar refractivity (Wildman–Crippen MR) is 95.1 cm³/mol. The molecule has 0 saturated carbocycles. The number of nitrogens with zero attached hydrogens (tertiary/aromatic N) is 3. The average Bonchev–Trinajstić information content (AvgIpc) is 3.19. The van der Waals surface area contributed by atoms with Crippen LogP contribution in [0.5, 0.6) is 0 Å². The Labute approximate surface area is 147 Å². The van der Waals surface area contributed by atoms with Gasteiger partial charge in [0.2, 0.25) is 0 Å². The highest BCUT2D eigenvalue weighted by atomic mass is 16.5. The minimum absolute atomic E-state index is 0.126. The fourth-order valence-corrected chi connectivity index (χ4v) is 3.45. The summed E-state index contributed by atoms with van der Waals surface area (Å²) in [5, 5.41) is 2.88. The van der Waals surface area contributed by atoms with E-state index in [1.807, 2.05) is 6.07 Å². The molecule has 3 heterocycles. The van der Waals surface area contributed by atoms with Crippen molar-refractivity contribution >= 4 is 17.4 Å². The van der Waals surface area contributed by atoms with Gasteiger partial charge in [-0.2, -0.15) is 0 Å². The smallest absolute Gasteiger partial charge is 0.271 e. The molecule has 0 radical (unpaired) electrons. The first-order valence-electron chi connectivity index (χ1n) is 8.88. The highest BCUT2D eigenvalue weighted by Gasteiger charge is 2.20. The number of hydrogen-bond donors (Lipinski definition) is 1. The van der Waals surface area contributed by atoms with Crippen LogP contribution < -0.4 is 10.2 Å². The lowest BCUT2D eigenvalue weighted by Gasteiger charge is -2.30. The fourth-order valence-electron chi connectivity index (χ4n) is 3.45. The van der Waals surface area contributed by atoms with Gasteiger partial charge in [-0.1, -0.05) is 18.2 Å². The summed E-state index contributed by atoms with van der Waals surface area (Å²) in [5.74, 6) is 0.580. The molecule has 1 aromatic carbocycles. The zero-order valence-electron chi connectivity index (χ0n) is 14.1. The Bertz CT molecular complexity index is 741. The van der Waals surface area contributed by atoms with Crippen molar-refractivity contribution in [3.8, 4) is 0 Å². The van der Waals surface area contributed by atoms with Crippen molar-refractivity contribution in [3.05, 3.63) is 47.9 Å². The number of nitrogens with one attached hydrogen (secondary N) is 1. The van der Waals surface area contributed by atoms with Gasteiger partial charge < -0.3 is 15.0 Å². The molecule has 1 amide bonds. The number of aromatic nitrogens is 2. The summed E-state index contributed by atoms with van der Waals surface area (Å²) < 4.78 is 5.51. The molecule has 6 heteroatoms. The highest BCUT2D eigenvalue weighted by Crippen LogP contribution is 2.31. The Hall–Kier alpha value is -2.47. The topological polar surface area (TPSA) is 67.3 Å². The Morgan fingerprint density at radius 3 is 2.96 bits per heavy atom. The van der Waals surface area contributed by atoms with E-state index in [2.05, 4.69) is 38.4 Å². The maximum absolute atomic E-state index is 12.2. The average molecular weight is 338 g/mol. The number of fused-ring (bicyclic) bond motifs is 1. The van der Waals surface area contributed by atoms with Crippen LogP contribution in [-0.4, -0.2) is 41.7 Å². The molecule has 0 spiro atoms. The van der Waals surface area contributed by atoms with Gasteiger partial charge in [-0.05, 0) is 37.3 Å². The minimum Gasteiger partial charge on any atom is -0.376 e. The normalized spacial score (nSPS) is 19.5. The molecule has 130 valence electrons. The Morgan fingerprint density at radius 2 is 2.16 bits per heavy atom. The molecule has 2 aliphatic heterocycles. The Balaban J connectivity index is 1.44. The highest BCUT2D eigenvalue weighted by molar-refractivity contribution is 5.92. The number of para-hydroxylation sites is 1. The number of benzene rings is 1. The fraction of sp³-hybridized carbons (Fsp3) is 0.421. The summed E-state index contributed by atoms with van der Waals surface area (Å²) in [6.07, 6.45) is 7.60. The molecule has 1 unspecified atom stereocenters. The Kier molecular flexibility index (Phi) is 4.61. The molecule has 25 heavy (non-hydrogen) atoms. The third-order valence-electron chi connectivity index (χ3n) is 4.77. The maximum atomic E-state index is 12.2. The van der Waals surface area contributed by atoms with Crippen LogP contribution >= 0.6 is 0 Å². The maximum Gasteiger partial charge on any atom is 0.271 e. The number of rotatable bonds is 4. The summed E-state index contributed by atoms with van der Waals surface area (Å²) >= 11 is 0. The molecule has 1 atom stereocenters. The molecule has 1 saturated heterocycles. The molecule has 1 fully saturated rings. The van der Waals surface area contributed by atoms with Crippen LogP contribution in [-0.2, 0) is 11.2 Å². The number of hydrogen-bond acceptors (Lipinski definition) is 5. The van der Waals surface area contributed by atoms with Gasteiger partial charge in [-0.15, -0.1) is 0 Å². The first-order valence-corrected chi connectivity index (χ1v) is 8.88. The zero-order valence-corrected chi connectivity index (χ0v) is 14.1. The quantitative estimate of drug-likeness (QED) is 0.927. The molecular formula is C19H22N4O2. The molecular weight excluding hydrogens is 316 g/mol. The monoisotopic (exact) mass is 338 g/mol. The molecule has 1 N–H and O–H groups in total. The van der Waals surface area contributed by atoms with Gasteiger partial charge >= 0.3 is 0 Å². The number of carbonyl (C=O) groups is 1. The third kappa shape index (κ3) is 3.49. The van der Waals surface area contributed by atoms with E-state index in [1.54, 1.807) is 12.4 Å². The van der Waals surface area contributed by atoms with E-state index in [4.69, 9.17) is 4.74 Å².